The predicted molar refractivity (Wildman–Crippen MR) is 36.1 cm³/mol. The Labute approximate surface area is 55.5 Å². The summed E-state index contributed by atoms with van der Waals surface area (Å²) in [5.74, 6) is 0. The van der Waals surface area contributed by atoms with Crippen LogP contribution < -0.4 is 0 Å². The molecule has 0 saturated carbocycles. The van der Waals surface area contributed by atoms with Gasteiger partial charge in [-0.3, -0.25) is 4.68 Å². The zero-order valence-corrected chi connectivity index (χ0v) is 5.89. The second-order valence-electron chi connectivity index (χ2n) is 2.16. The lowest BCUT2D eigenvalue weighted by molar-refractivity contribution is 0.598. The summed E-state index contributed by atoms with van der Waals surface area (Å²) in [6, 6.07) is 0. The van der Waals surface area contributed by atoms with E-state index in [1.54, 1.807) is 0 Å². The van der Waals surface area contributed by atoms with E-state index in [1.807, 2.05) is 17.8 Å². The Balaban J connectivity index is 2.61. The van der Waals surface area contributed by atoms with E-state index in [0.29, 0.717) is 0 Å². The van der Waals surface area contributed by atoms with Crippen LogP contribution in [0.5, 0.6) is 0 Å². The molecule has 0 atom stereocenters. The second kappa shape index (κ2) is 2.67. The highest BCUT2D eigenvalue weighted by atomic mass is 15.3. The van der Waals surface area contributed by atoms with Crippen molar-refractivity contribution in [2.24, 2.45) is 0 Å². The van der Waals surface area contributed by atoms with Gasteiger partial charge in [-0.15, -0.1) is 0 Å². The molecule has 1 aromatic heterocycles. The normalized spacial score (nSPS) is 10.0. The Hall–Kier alpha value is -0.790. The molecule has 1 aromatic rings. The smallest absolute Gasteiger partial charge is 0.0895 e. The van der Waals surface area contributed by atoms with Crippen LogP contribution in [0, 0.1) is 13.1 Å². The standard InChI is InChI=1S/C7H11N2/c1-3-4-9-6-7(2)5-8-9/h5H,3-4H2,1-2H3. The monoisotopic (exact) mass is 123 g/mol. The van der Waals surface area contributed by atoms with Crippen LogP contribution in [0.1, 0.15) is 18.9 Å². The minimum absolute atomic E-state index is 0.980. The maximum atomic E-state index is 4.07. The minimum Gasteiger partial charge on any atom is -0.263 e. The van der Waals surface area contributed by atoms with Gasteiger partial charge in [0, 0.05) is 6.54 Å². The van der Waals surface area contributed by atoms with Gasteiger partial charge in [0.1, 0.15) is 0 Å². The summed E-state index contributed by atoms with van der Waals surface area (Å²) in [6.45, 7) is 5.11. The Bertz CT molecular complexity index is 179. The third-order valence-corrected chi connectivity index (χ3v) is 1.13. The summed E-state index contributed by atoms with van der Waals surface area (Å²) in [7, 11) is 0. The first-order chi connectivity index (χ1) is 4.33. The highest BCUT2D eigenvalue weighted by Crippen LogP contribution is 1.93. The Morgan fingerprint density at radius 1 is 1.78 bits per heavy atom. The Kier molecular flexibility index (Phi) is 1.88. The van der Waals surface area contributed by atoms with Crippen molar-refractivity contribution >= 4 is 0 Å². The largest absolute Gasteiger partial charge is 0.263 e. The molecule has 0 bridgehead atoms. The number of aryl methyl sites for hydroxylation is 2. The third kappa shape index (κ3) is 1.56. The fraction of sp³-hybridized carbons (Fsp3) is 0.571. The first kappa shape index (κ1) is 6.33. The van der Waals surface area contributed by atoms with Crippen LogP contribution >= 0.6 is 0 Å². The van der Waals surface area contributed by atoms with Crippen molar-refractivity contribution in [3.05, 3.63) is 18.0 Å². The van der Waals surface area contributed by atoms with E-state index in [2.05, 4.69) is 18.2 Å². The van der Waals surface area contributed by atoms with Gasteiger partial charge in [-0.1, -0.05) is 6.92 Å². The van der Waals surface area contributed by atoms with E-state index in [9.17, 15) is 0 Å². The van der Waals surface area contributed by atoms with Crippen LogP contribution in [0.25, 0.3) is 0 Å². The predicted octanol–water partition coefficient (Wildman–Crippen LogP) is 1.40. The zero-order valence-electron chi connectivity index (χ0n) is 5.89. The number of hydrogen-bond donors (Lipinski definition) is 0. The van der Waals surface area contributed by atoms with Crippen molar-refractivity contribution in [1.29, 1.82) is 0 Å². The van der Waals surface area contributed by atoms with E-state index in [-0.39, 0.29) is 0 Å². The molecule has 0 spiro atoms. The van der Waals surface area contributed by atoms with Crippen molar-refractivity contribution in [2.75, 3.05) is 0 Å². The van der Waals surface area contributed by atoms with E-state index in [4.69, 9.17) is 0 Å². The molecule has 1 rings (SSSR count). The molecule has 1 radical (unpaired) electrons. The lowest BCUT2D eigenvalue weighted by atomic mass is 10.4. The number of aromatic nitrogens is 2. The molecule has 0 aliphatic heterocycles. The molecular weight excluding hydrogens is 112 g/mol. The fourth-order valence-corrected chi connectivity index (χ4v) is 0.743. The van der Waals surface area contributed by atoms with Crippen LogP contribution in [-0.2, 0) is 6.54 Å². The average Bonchev–Trinajstić information content (AvgIpc) is 2.17. The minimum atomic E-state index is 0.980. The van der Waals surface area contributed by atoms with Gasteiger partial charge in [0.15, 0.2) is 0 Å². The molecule has 0 fully saturated rings. The van der Waals surface area contributed by atoms with Crippen molar-refractivity contribution in [3.63, 3.8) is 0 Å². The molecule has 0 N–H and O–H groups in total. The van der Waals surface area contributed by atoms with Crippen LogP contribution in [0.4, 0.5) is 0 Å². The number of rotatable bonds is 2. The molecule has 2 nitrogen and oxygen atoms in total. The molecule has 0 saturated heterocycles. The Morgan fingerprint density at radius 2 is 2.56 bits per heavy atom. The lowest BCUT2D eigenvalue weighted by Crippen LogP contribution is -1.95. The quantitative estimate of drug-likeness (QED) is 0.581. The summed E-state index contributed by atoms with van der Waals surface area (Å²) in [5.41, 5.74) is 1.11. The second-order valence-corrected chi connectivity index (χ2v) is 2.16. The van der Waals surface area contributed by atoms with Crippen molar-refractivity contribution < 1.29 is 0 Å². The topological polar surface area (TPSA) is 17.8 Å². The molecule has 0 aromatic carbocycles. The van der Waals surface area contributed by atoms with Gasteiger partial charge >= 0.3 is 0 Å². The summed E-state index contributed by atoms with van der Waals surface area (Å²) in [4.78, 5) is 0. The van der Waals surface area contributed by atoms with E-state index < -0.39 is 0 Å². The molecule has 9 heavy (non-hydrogen) atoms. The van der Waals surface area contributed by atoms with Gasteiger partial charge in [-0.05, 0) is 18.9 Å². The number of nitrogens with zero attached hydrogens (tertiary/aromatic N) is 2. The van der Waals surface area contributed by atoms with Gasteiger partial charge in [0.05, 0.1) is 12.4 Å². The van der Waals surface area contributed by atoms with Gasteiger partial charge in [-0.25, -0.2) is 0 Å². The molecule has 49 valence electrons. The third-order valence-electron chi connectivity index (χ3n) is 1.13. The molecule has 0 aliphatic rings. The van der Waals surface area contributed by atoms with Gasteiger partial charge in [0.2, 0.25) is 0 Å². The molecular formula is C7H11N2. The molecule has 0 unspecified atom stereocenters. The lowest BCUT2D eigenvalue weighted by Gasteiger charge is -1.92. The van der Waals surface area contributed by atoms with Crippen LogP contribution in [0.2, 0.25) is 0 Å². The molecule has 0 aliphatic carbocycles. The SMILES string of the molecule is CCCn1[c]c(C)cn1. The van der Waals surface area contributed by atoms with Crippen LogP contribution in [0.15, 0.2) is 6.20 Å². The van der Waals surface area contributed by atoms with Gasteiger partial charge < -0.3 is 0 Å². The first-order valence-electron chi connectivity index (χ1n) is 3.24. The van der Waals surface area contributed by atoms with Crippen molar-refractivity contribution in [1.82, 2.24) is 9.78 Å². The first-order valence-corrected chi connectivity index (χ1v) is 3.24. The van der Waals surface area contributed by atoms with E-state index in [0.717, 1.165) is 18.5 Å². The van der Waals surface area contributed by atoms with Crippen LogP contribution in [0.3, 0.4) is 0 Å². The molecule has 0 amide bonds. The average molecular weight is 123 g/mol. The Morgan fingerprint density at radius 3 is 3.00 bits per heavy atom. The molecule has 1 heterocycles. The zero-order chi connectivity index (χ0) is 6.69. The van der Waals surface area contributed by atoms with Crippen molar-refractivity contribution in [3.8, 4) is 0 Å². The highest BCUT2D eigenvalue weighted by Gasteiger charge is 1.90. The van der Waals surface area contributed by atoms with Gasteiger partial charge in [0.25, 0.3) is 0 Å². The number of hydrogen-bond acceptors (Lipinski definition) is 1. The highest BCUT2D eigenvalue weighted by molar-refractivity contribution is 4.96. The van der Waals surface area contributed by atoms with E-state index in [1.165, 1.54) is 0 Å². The summed E-state index contributed by atoms with van der Waals surface area (Å²) in [6.07, 6.45) is 6.03. The van der Waals surface area contributed by atoms with E-state index >= 15 is 0 Å². The summed E-state index contributed by atoms with van der Waals surface area (Å²) < 4.78 is 1.84. The summed E-state index contributed by atoms with van der Waals surface area (Å²) >= 11 is 0. The van der Waals surface area contributed by atoms with Crippen LogP contribution in [-0.4, -0.2) is 9.78 Å². The van der Waals surface area contributed by atoms with Crippen molar-refractivity contribution in [2.45, 2.75) is 26.8 Å². The van der Waals surface area contributed by atoms with Gasteiger partial charge in [-0.2, -0.15) is 5.10 Å². The summed E-state index contributed by atoms with van der Waals surface area (Å²) in [5, 5.41) is 4.07. The maximum Gasteiger partial charge on any atom is 0.0895 e. The molecule has 2 heteroatoms. The maximum absolute atomic E-state index is 4.07. The fourth-order valence-electron chi connectivity index (χ4n) is 0.743.